The summed E-state index contributed by atoms with van der Waals surface area (Å²) in [7, 11) is 0. The Morgan fingerprint density at radius 3 is 2.56 bits per heavy atom. The van der Waals surface area contributed by atoms with Gasteiger partial charge in [-0.15, -0.1) is 0 Å². The zero-order valence-corrected chi connectivity index (χ0v) is 11.0. The fraction of sp³-hybridized carbons (Fsp3) is 0.562. The van der Waals surface area contributed by atoms with Crippen LogP contribution in [0.3, 0.4) is 0 Å². The molecule has 0 radical (unpaired) electrons. The van der Waals surface area contributed by atoms with Crippen molar-refractivity contribution in [2.75, 3.05) is 11.9 Å². The molecule has 2 nitrogen and oxygen atoms in total. The number of hydrogen-bond donors (Lipinski definition) is 1. The van der Waals surface area contributed by atoms with E-state index < -0.39 is 0 Å². The second-order valence-electron chi connectivity index (χ2n) is 5.95. The molecule has 2 bridgehead atoms. The third-order valence-corrected chi connectivity index (χ3v) is 4.74. The number of nitrogens with one attached hydrogen (secondary N) is 1. The van der Waals surface area contributed by atoms with E-state index in [0.717, 1.165) is 35.5 Å². The number of rotatable bonds is 4. The zero-order valence-electron chi connectivity index (χ0n) is 11.0. The van der Waals surface area contributed by atoms with Crippen molar-refractivity contribution in [2.45, 2.75) is 32.6 Å². The lowest BCUT2D eigenvalue weighted by Gasteiger charge is -2.22. The Balaban J connectivity index is 1.55. The maximum Gasteiger partial charge on any atom is 0.159 e. The van der Waals surface area contributed by atoms with Crippen LogP contribution in [0.25, 0.3) is 0 Å². The predicted molar refractivity (Wildman–Crippen MR) is 73.9 cm³/mol. The Morgan fingerprint density at radius 2 is 2.00 bits per heavy atom. The highest BCUT2D eigenvalue weighted by molar-refractivity contribution is 5.94. The Bertz CT molecular complexity index is 437. The molecule has 1 aromatic carbocycles. The number of carbonyl (C=O) groups excluding carboxylic acids is 1. The van der Waals surface area contributed by atoms with E-state index in [1.165, 1.54) is 25.7 Å². The summed E-state index contributed by atoms with van der Waals surface area (Å²) >= 11 is 0. The van der Waals surface area contributed by atoms with Crippen LogP contribution in [0.5, 0.6) is 0 Å². The van der Waals surface area contributed by atoms with E-state index in [1.54, 1.807) is 6.92 Å². The highest BCUT2D eigenvalue weighted by Crippen LogP contribution is 2.48. The van der Waals surface area contributed by atoms with Crippen LogP contribution in [0.2, 0.25) is 0 Å². The molecule has 0 heterocycles. The number of ketones is 1. The second-order valence-corrected chi connectivity index (χ2v) is 5.95. The van der Waals surface area contributed by atoms with Crippen molar-refractivity contribution in [3.05, 3.63) is 29.8 Å². The SMILES string of the molecule is CC(=O)c1ccc(NCC2CC3CCC2C3)cc1. The van der Waals surface area contributed by atoms with Gasteiger partial charge in [0, 0.05) is 17.8 Å². The molecule has 3 unspecified atom stereocenters. The molecule has 2 fully saturated rings. The summed E-state index contributed by atoms with van der Waals surface area (Å²) < 4.78 is 0. The number of fused-ring (bicyclic) bond motifs is 2. The highest BCUT2D eigenvalue weighted by Gasteiger charge is 2.38. The van der Waals surface area contributed by atoms with Gasteiger partial charge in [-0.1, -0.05) is 6.42 Å². The molecule has 0 aromatic heterocycles. The summed E-state index contributed by atoms with van der Waals surface area (Å²) in [4.78, 5) is 11.2. The summed E-state index contributed by atoms with van der Waals surface area (Å²) in [6.07, 6.45) is 5.80. The standard InChI is InChI=1S/C16H21NO/c1-11(18)13-4-6-16(7-5-13)17-10-15-9-12-2-3-14(15)8-12/h4-7,12,14-15,17H,2-3,8-10H2,1H3. The van der Waals surface area contributed by atoms with E-state index in [0.29, 0.717) is 0 Å². The average Bonchev–Trinajstić information content (AvgIpc) is 2.99. The summed E-state index contributed by atoms with van der Waals surface area (Å²) in [5, 5.41) is 3.53. The minimum atomic E-state index is 0.134. The maximum atomic E-state index is 11.2. The molecule has 1 N–H and O–H groups in total. The number of hydrogen-bond acceptors (Lipinski definition) is 2. The van der Waals surface area contributed by atoms with Crippen LogP contribution in [0.1, 0.15) is 43.0 Å². The molecule has 3 rings (SSSR count). The van der Waals surface area contributed by atoms with Gasteiger partial charge in [0.1, 0.15) is 0 Å². The van der Waals surface area contributed by atoms with Crippen molar-refractivity contribution in [3.63, 3.8) is 0 Å². The number of carbonyl (C=O) groups is 1. The summed E-state index contributed by atoms with van der Waals surface area (Å²) in [6, 6.07) is 7.85. The normalized spacial score (nSPS) is 29.5. The fourth-order valence-electron chi connectivity index (χ4n) is 3.70. The monoisotopic (exact) mass is 243 g/mol. The summed E-state index contributed by atoms with van der Waals surface area (Å²) in [6.45, 7) is 2.71. The van der Waals surface area contributed by atoms with Crippen LogP contribution in [-0.2, 0) is 0 Å². The van der Waals surface area contributed by atoms with Gasteiger partial charge in [-0.2, -0.15) is 0 Å². The summed E-state index contributed by atoms with van der Waals surface area (Å²) in [5.41, 5.74) is 1.93. The Kier molecular flexibility index (Phi) is 3.11. The van der Waals surface area contributed by atoms with E-state index in [9.17, 15) is 4.79 Å². The minimum Gasteiger partial charge on any atom is -0.385 e. The van der Waals surface area contributed by atoms with Gasteiger partial charge in [-0.3, -0.25) is 4.79 Å². The first kappa shape index (κ1) is 11.8. The van der Waals surface area contributed by atoms with Crippen molar-refractivity contribution in [1.29, 1.82) is 0 Å². The van der Waals surface area contributed by atoms with Crippen LogP contribution in [0.15, 0.2) is 24.3 Å². The van der Waals surface area contributed by atoms with E-state index in [4.69, 9.17) is 0 Å². The first-order valence-electron chi connectivity index (χ1n) is 7.07. The van der Waals surface area contributed by atoms with Crippen molar-refractivity contribution in [2.24, 2.45) is 17.8 Å². The van der Waals surface area contributed by atoms with Crippen LogP contribution in [0.4, 0.5) is 5.69 Å². The Morgan fingerprint density at radius 1 is 1.22 bits per heavy atom. The second kappa shape index (κ2) is 4.75. The average molecular weight is 243 g/mol. The lowest BCUT2D eigenvalue weighted by Crippen LogP contribution is -2.20. The molecule has 18 heavy (non-hydrogen) atoms. The molecule has 0 aliphatic heterocycles. The Labute approximate surface area is 109 Å². The zero-order chi connectivity index (χ0) is 12.5. The van der Waals surface area contributed by atoms with Gasteiger partial charge in [0.25, 0.3) is 0 Å². The molecule has 3 atom stereocenters. The number of anilines is 1. The van der Waals surface area contributed by atoms with Gasteiger partial charge < -0.3 is 5.32 Å². The molecule has 0 saturated heterocycles. The lowest BCUT2D eigenvalue weighted by molar-refractivity contribution is 0.101. The van der Waals surface area contributed by atoms with Gasteiger partial charge in [-0.25, -0.2) is 0 Å². The lowest BCUT2D eigenvalue weighted by atomic mass is 9.89. The van der Waals surface area contributed by atoms with Gasteiger partial charge >= 0.3 is 0 Å². The van der Waals surface area contributed by atoms with Crippen molar-refractivity contribution < 1.29 is 4.79 Å². The smallest absolute Gasteiger partial charge is 0.159 e. The predicted octanol–water partition coefficient (Wildman–Crippen LogP) is 3.74. The van der Waals surface area contributed by atoms with Gasteiger partial charge in [0.15, 0.2) is 5.78 Å². The maximum absolute atomic E-state index is 11.2. The quantitative estimate of drug-likeness (QED) is 0.816. The van der Waals surface area contributed by atoms with E-state index >= 15 is 0 Å². The molecule has 0 amide bonds. The summed E-state index contributed by atoms with van der Waals surface area (Å²) in [5.74, 6) is 2.99. The molecular weight excluding hydrogens is 222 g/mol. The van der Waals surface area contributed by atoms with Crippen molar-refractivity contribution in [1.82, 2.24) is 0 Å². The minimum absolute atomic E-state index is 0.134. The number of benzene rings is 1. The molecule has 0 spiro atoms. The topological polar surface area (TPSA) is 29.1 Å². The van der Waals surface area contributed by atoms with Crippen molar-refractivity contribution in [3.8, 4) is 0 Å². The van der Waals surface area contributed by atoms with E-state index in [-0.39, 0.29) is 5.78 Å². The molecular formula is C16H21NO. The van der Waals surface area contributed by atoms with Crippen molar-refractivity contribution >= 4 is 11.5 Å². The van der Waals surface area contributed by atoms with Gasteiger partial charge in [0.2, 0.25) is 0 Å². The van der Waals surface area contributed by atoms with E-state index in [2.05, 4.69) is 5.32 Å². The van der Waals surface area contributed by atoms with Crippen LogP contribution in [-0.4, -0.2) is 12.3 Å². The third kappa shape index (κ3) is 2.29. The Hall–Kier alpha value is -1.31. The molecule has 2 aliphatic carbocycles. The van der Waals surface area contributed by atoms with E-state index in [1.807, 2.05) is 24.3 Å². The van der Waals surface area contributed by atoms with Gasteiger partial charge in [0.05, 0.1) is 0 Å². The van der Waals surface area contributed by atoms with Crippen LogP contribution in [0, 0.1) is 17.8 Å². The first-order chi connectivity index (χ1) is 8.72. The number of Topliss-reactive ketones (excluding diaryl/α,β-unsaturated/α-hetero) is 1. The first-order valence-corrected chi connectivity index (χ1v) is 7.07. The molecule has 1 aromatic rings. The highest BCUT2D eigenvalue weighted by atomic mass is 16.1. The molecule has 96 valence electrons. The molecule has 2 heteroatoms. The molecule has 2 saturated carbocycles. The van der Waals surface area contributed by atoms with Crippen LogP contribution >= 0.6 is 0 Å². The largest absolute Gasteiger partial charge is 0.385 e. The fourth-order valence-corrected chi connectivity index (χ4v) is 3.70. The molecule has 2 aliphatic rings. The third-order valence-electron chi connectivity index (χ3n) is 4.74. The van der Waals surface area contributed by atoms with Gasteiger partial charge in [-0.05, 0) is 68.2 Å². The van der Waals surface area contributed by atoms with Crippen LogP contribution < -0.4 is 5.32 Å².